The van der Waals surface area contributed by atoms with Crippen LogP contribution in [0.3, 0.4) is 0 Å². The number of furan rings is 1. The summed E-state index contributed by atoms with van der Waals surface area (Å²) in [5.74, 6) is 1.29. The fraction of sp³-hybridized carbons (Fsp3) is 0.0909. The van der Waals surface area contributed by atoms with Crippen molar-refractivity contribution >= 4 is 69.3 Å². The van der Waals surface area contributed by atoms with Crippen LogP contribution in [0.5, 0.6) is 0 Å². The number of aryl methyl sites for hydroxylation is 1. The summed E-state index contributed by atoms with van der Waals surface area (Å²) in [6, 6.07) is 19.2. The van der Waals surface area contributed by atoms with Crippen LogP contribution < -0.4 is 4.90 Å². The molecule has 146 valence electrons. The van der Waals surface area contributed by atoms with Gasteiger partial charge in [-0.05, 0) is 48.4 Å². The number of thioether (sulfide) groups is 2. The molecule has 4 rings (SSSR count). The van der Waals surface area contributed by atoms with E-state index >= 15 is 0 Å². The Kier molecular flexibility index (Phi) is 6.15. The standard InChI is InChI=1S/C22H16ClNO2S3/c1-14-4-2-3-5-18(14)24-21(25)19(29-22(24)27)12-17-10-11-20(26-17)28-13-15-6-8-16(23)9-7-15/h2-12H,13H2,1H3. The zero-order valence-electron chi connectivity index (χ0n) is 15.4. The molecule has 29 heavy (non-hydrogen) atoms. The summed E-state index contributed by atoms with van der Waals surface area (Å²) >= 11 is 14.2. The maximum Gasteiger partial charge on any atom is 0.270 e. The first-order chi connectivity index (χ1) is 14.0. The number of hydrogen-bond donors (Lipinski definition) is 0. The highest BCUT2D eigenvalue weighted by molar-refractivity contribution is 8.27. The van der Waals surface area contributed by atoms with Gasteiger partial charge in [0.15, 0.2) is 9.41 Å². The topological polar surface area (TPSA) is 33.5 Å². The minimum absolute atomic E-state index is 0.124. The Balaban J connectivity index is 1.47. The number of anilines is 1. The molecular formula is C22H16ClNO2S3. The van der Waals surface area contributed by atoms with Crippen LogP contribution in [0.2, 0.25) is 5.02 Å². The third-order valence-corrected chi connectivity index (χ3v) is 6.86. The van der Waals surface area contributed by atoms with E-state index in [0.717, 1.165) is 32.7 Å². The van der Waals surface area contributed by atoms with Crippen molar-refractivity contribution < 1.29 is 9.21 Å². The van der Waals surface area contributed by atoms with Crippen LogP contribution >= 0.6 is 47.3 Å². The highest BCUT2D eigenvalue weighted by atomic mass is 35.5. The van der Waals surface area contributed by atoms with Gasteiger partial charge in [0.05, 0.1) is 10.6 Å². The molecule has 1 saturated heterocycles. The molecule has 0 unspecified atom stereocenters. The van der Waals surface area contributed by atoms with Crippen LogP contribution in [0.25, 0.3) is 6.08 Å². The highest BCUT2D eigenvalue weighted by Gasteiger charge is 2.34. The third kappa shape index (κ3) is 4.61. The Hall–Kier alpha value is -1.99. The van der Waals surface area contributed by atoms with Gasteiger partial charge >= 0.3 is 0 Å². The Morgan fingerprint density at radius 2 is 1.90 bits per heavy atom. The molecule has 1 aliphatic heterocycles. The van der Waals surface area contributed by atoms with Crippen molar-refractivity contribution in [1.29, 1.82) is 0 Å². The van der Waals surface area contributed by atoms with Crippen LogP contribution in [0.4, 0.5) is 5.69 Å². The number of rotatable bonds is 5. The molecule has 1 fully saturated rings. The van der Waals surface area contributed by atoms with Gasteiger partial charge < -0.3 is 4.42 Å². The summed E-state index contributed by atoms with van der Waals surface area (Å²) in [5.41, 5.74) is 2.98. The molecule has 0 atom stereocenters. The number of halogens is 1. The molecule has 3 aromatic rings. The van der Waals surface area contributed by atoms with Crippen molar-refractivity contribution in [1.82, 2.24) is 0 Å². The highest BCUT2D eigenvalue weighted by Crippen LogP contribution is 2.37. The monoisotopic (exact) mass is 457 g/mol. The third-order valence-electron chi connectivity index (χ3n) is 4.32. The molecule has 0 saturated carbocycles. The van der Waals surface area contributed by atoms with E-state index in [4.69, 9.17) is 28.2 Å². The molecule has 0 spiro atoms. The zero-order chi connectivity index (χ0) is 20.4. The van der Waals surface area contributed by atoms with E-state index < -0.39 is 0 Å². The van der Waals surface area contributed by atoms with Gasteiger partial charge in [0.2, 0.25) is 0 Å². The maximum absolute atomic E-state index is 12.9. The average Bonchev–Trinajstić information content (AvgIpc) is 3.26. The number of carbonyl (C=O) groups excluding carboxylic acids is 1. The summed E-state index contributed by atoms with van der Waals surface area (Å²) in [6.45, 7) is 1.97. The van der Waals surface area contributed by atoms with Crippen LogP contribution in [0, 0.1) is 6.92 Å². The van der Waals surface area contributed by atoms with Crippen molar-refractivity contribution in [3.63, 3.8) is 0 Å². The summed E-state index contributed by atoms with van der Waals surface area (Å²) in [4.78, 5) is 15.1. The zero-order valence-corrected chi connectivity index (χ0v) is 18.6. The number of thiocarbonyl (C=S) groups is 1. The molecule has 0 bridgehead atoms. The fourth-order valence-electron chi connectivity index (χ4n) is 2.84. The molecule has 0 aliphatic carbocycles. The first-order valence-corrected chi connectivity index (χ1v) is 11.4. The number of benzene rings is 2. The Morgan fingerprint density at radius 3 is 2.66 bits per heavy atom. The predicted molar refractivity (Wildman–Crippen MR) is 127 cm³/mol. The normalized spacial score (nSPS) is 15.5. The van der Waals surface area contributed by atoms with E-state index in [1.54, 1.807) is 22.7 Å². The SMILES string of the molecule is Cc1ccccc1N1C(=O)C(=Cc2ccc(SCc3ccc(Cl)cc3)o2)SC1=S. The van der Waals surface area contributed by atoms with E-state index in [9.17, 15) is 4.79 Å². The average molecular weight is 458 g/mol. The smallest absolute Gasteiger partial charge is 0.270 e. The van der Waals surface area contributed by atoms with E-state index in [1.807, 2.05) is 67.6 Å². The van der Waals surface area contributed by atoms with E-state index in [1.165, 1.54) is 11.8 Å². The minimum Gasteiger partial charge on any atom is -0.450 e. The number of para-hydroxylation sites is 1. The number of amides is 1. The van der Waals surface area contributed by atoms with Crippen LogP contribution in [0.15, 0.2) is 75.1 Å². The maximum atomic E-state index is 12.9. The van der Waals surface area contributed by atoms with Crippen molar-refractivity contribution in [2.45, 2.75) is 17.8 Å². The van der Waals surface area contributed by atoms with Gasteiger partial charge in [0, 0.05) is 16.9 Å². The lowest BCUT2D eigenvalue weighted by molar-refractivity contribution is -0.113. The van der Waals surface area contributed by atoms with E-state index in [-0.39, 0.29) is 5.91 Å². The minimum atomic E-state index is -0.124. The van der Waals surface area contributed by atoms with Crippen molar-refractivity contribution in [2.24, 2.45) is 0 Å². The van der Waals surface area contributed by atoms with Gasteiger partial charge in [0.1, 0.15) is 5.76 Å². The van der Waals surface area contributed by atoms with Gasteiger partial charge in [-0.1, -0.05) is 77.7 Å². The van der Waals surface area contributed by atoms with Crippen molar-refractivity contribution in [3.05, 3.63) is 87.5 Å². The lowest BCUT2D eigenvalue weighted by atomic mass is 10.2. The first kappa shape index (κ1) is 20.3. The van der Waals surface area contributed by atoms with Crippen molar-refractivity contribution in [3.8, 4) is 0 Å². The molecule has 0 radical (unpaired) electrons. The van der Waals surface area contributed by atoms with Crippen LogP contribution in [-0.4, -0.2) is 10.2 Å². The predicted octanol–water partition coefficient (Wildman–Crippen LogP) is 6.94. The molecule has 2 heterocycles. The summed E-state index contributed by atoms with van der Waals surface area (Å²) < 4.78 is 6.40. The molecule has 1 amide bonds. The van der Waals surface area contributed by atoms with Gasteiger partial charge in [-0.2, -0.15) is 0 Å². The number of carbonyl (C=O) groups is 1. The van der Waals surface area contributed by atoms with Gasteiger partial charge in [-0.25, -0.2) is 0 Å². The van der Waals surface area contributed by atoms with Crippen LogP contribution in [0.1, 0.15) is 16.9 Å². The first-order valence-electron chi connectivity index (χ1n) is 8.82. The van der Waals surface area contributed by atoms with Gasteiger partial charge in [-0.3, -0.25) is 9.69 Å². The summed E-state index contributed by atoms with van der Waals surface area (Å²) in [7, 11) is 0. The molecule has 1 aliphatic rings. The van der Waals surface area contributed by atoms with Gasteiger partial charge in [-0.15, -0.1) is 0 Å². The second-order valence-corrected chi connectivity index (χ2v) is 9.47. The Labute approximate surface area is 188 Å². The Bertz CT molecular complexity index is 1110. The lowest BCUT2D eigenvalue weighted by Gasteiger charge is -2.16. The van der Waals surface area contributed by atoms with Crippen molar-refractivity contribution in [2.75, 3.05) is 4.90 Å². The number of nitrogens with zero attached hydrogens (tertiary/aromatic N) is 1. The van der Waals surface area contributed by atoms with Gasteiger partial charge in [0.25, 0.3) is 5.91 Å². The molecule has 7 heteroatoms. The quantitative estimate of drug-likeness (QED) is 0.235. The molecule has 1 aromatic heterocycles. The second-order valence-electron chi connectivity index (χ2n) is 6.38. The summed E-state index contributed by atoms with van der Waals surface area (Å²) in [6.07, 6.45) is 1.75. The molecular weight excluding hydrogens is 442 g/mol. The molecule has 0 N–H and O–H groups in total. The largest absolute Gasteiger partial charge is 0.450 e. The number of hydrogen-bond acceptors (Lipinski definition) is 5. The molecule has 3 nitrogen and oxygen atoms in total. The summed E-state index contributed by atoms with van der Waals surface area (Å²) in [5, 5.41) is 1.52. The molecule has 2 aromatic carbocycles. The fourth-order valence-corrected chi connectivity index (χ4v) is 5.06. The van der Waals surface area contributed by atoms with E-state index in [2.05, 4.69) is 0 Å². The van der Waals surface area contributed by atoms with E-state index in [0.29, 0.717) is 15.0 Å². The Morgan fingerprint density at radius 1 is 1.14 bits per heavy atom. The lowest BCUT2D eigenvalue weighted by Crippen LogP contribution is -2.28. The second kappa shape index (κ2) is 8.79. The van der Waals surface area contributed by atoms with Crippen LogP contribution in [-0.2, 0) is 10.5 Å².